The number of nitrogens with zero attached hydrogens (tertiary/aromatic N) is 1. The molecule has 2 aliphatic carbocycles. The van der Waals surface area contributed by atoms with Crippen LogP contribution < -0.4 is 5.32 Å². The van der Waals surface area contributed by atoms with Gasteiger partial charge in [-0.2, -0.15) is 0 Å². The Kier molecular flexibility index (Phi) is 4.37. The summed E-state index contributed by atoms with van der Waals surface area (Å²) >= 11 is 6.44. The van der Waals surface area contributed by atoms with Gasteiger partial charge in [-0.05, 0) is 44.9 Å². The Morgan fingerprint density at radius 2 is 1.95 bits per heavy atom. The van der Waals surface area contributed by atoms with Crippen LogP contribution in [0.5, 0.6) is 0 Å². The molecule has 3 aliphatic rings. The van der Waals surface area contributed by atoms with E-state index in [1.807, 2.05) is 4.90 Å². The Morgan fingerprint density at radius 3 is 2.70 bits per heavy atom. The lowest BCUT2D eigenvalue weighted by Gasteiger charge is -2.47. The van der Waals surface area contributed by atoms with E-state index in [1.165, 1.54) is 12.8 Å². The predicted octanol–water partition coefficient (Wildman–Crippen LogP) is 3.74. The molecule has 4 heteroatoms. The molecule has 3 unspecified atom stereocenters. The highest BCUT2D eigenvalue weighted by atomic mass is 35.5. The lowest BCUT2D eigenvalue weighted by atomic mass is 9.81. The van der Waals surface area contributed by atoms with E-state index in [1.54, 1.807) is 0 Å². The second-order valence-corrected chi connectivity index (χ2v) is 6.81. The van der Waals surface area contributed by atoms with Crippen molar-refractivity contribution >= 4 is 17.5 Å². The van der Waals surface area contributed by atoms with Gasteiger partial charge >= 0.3 is 0 Å². The Bertz CT molecular complexity index is 421. The van der Waals surface area contributed by atoms with Gasteiger partial charge in [0.2, 0.25) is 5.91 Å². The summed E-state index contributed by atoms with van der Waals surface area (Å²) in [6.45, 7) is 2.15. The van der Waals surface area contributed by atoms with E-state index in [9.17, 15) is 4.79 Å². The number of carbonyl (C=O) groups is 1. The third kappa shape index (κ3) is 2.50. The smallest absolute Gasteiger partial charge is 0.232 e. The quantitative estimate of drug-likeness (QED) is 0.842. The molecule has 0 aromatic heterocycles. The minimum atomic E-state index is 0.142. The van der Waals surface area contributed by atoms with E-state index in [-0.39, 0.29) is 12.1 Å². The Hall–Kier alpha value is -0.540. The van der Waals surface area contributed by atoms with Crippen LogP contribution in [0.25, 0.3) is 0 Å². The molecule has 2 fully saturated rings. The first-order valence-electron chi connectivity index (χ1n) is 8.19. The van der Waals surface area contributed by atoms with Crippen LogP contribution in [0.15, 0.2) is 10.7 Å². The molecule has 1 heterocycles. The molecule has 0 radical (unpaired) electrons. The molecule has 3 rings (SSSR count). The van der Waals surface area contributed by atoms with Gasteiger partial charge in [0.15, 0.2) is 0 Å². The maximum atomic E-state index is 13.0. The Balaban J connectivity index is 1.89. The van der Waals surface area contributed by atoms with Gasteiger partial charge < -0.3 is 0 Å². The molecular formula is C16H25ClN2O. The number of carbonyl (C=O) groups excluding carboxylic acids is 1. The Labute approximate surface area is 126 Å². The van der Waals surface area contributed by atoms with Crippen LogP contribution in [0, 0.1) is 5.92 Å². The maximum Gasteiger partial charge on any atom is 0.232 e. The molecule has 0 aromatic carbocycles. The lowest BCUT2D eigenvalue weighted by Crippen LogP contribution is -2.63. The van der Waals surface area contributed by atoms with Crippen LogP contribution in [0.3, 0.4) is 0 Å². The fraction of sp³-hybridized carbons (Fsp3) is 0.812. The molecule has 0 spiro atoms. The summed E-state index contributed by atoms with van der Waals surface area (Å²) < 4.78 is 0. The van der Waals surface area contributed by atoms with E-state index in [0.717, 1.165) is 55.7 Å². The molecule has 1 aliphatic heterocycles. The number of fused-ring (bicyclic) bond motifs is 1. The summed E-state index contributed by atoms with van der Waals surface area (Å²) in [6.07, 6.45) is 9.91. The molecule has 1 amide bonds. The highest BCUT2D eigenvalue weighted by Gasteiger charge is 2.43. The molecular weight excluding hydrogens is 272 g/mol. The average molecular weight is 297 g/mol. The van der Waals surface area contributed by atoms with Crippen LogP contribution in [0.2, 0.25) is 0 Å². The van der Waals surface area contributed by atoms with Gasteiger partial charge in [0.05, 0.1) is 12.1 Å². The van der Waals surface area contributed by atoms with Gasteiger partial charge in [-0.1, -0.05) is 31.4 Å². The van der Waals surface area contributed by atoms with Crippen molar-refractivity contribution in [3.63, 3.8) is 0 Å². The second-order valence-electron chi connectivity index (χ2n) is 6.36. The van der Waals surface area contributed by atoms with Crippen molar-refractivity contribution in [2.75, 3.05) is 0 Å². The maximum absolute atomic E-state index is 13.0. The van der Waals surface area contributed by atoms with Gasteiger partial charge in [0.1, 0.15) is 0 Å². The minimum absolute atomic E-state index is 0.142. The number of hydrogen-bond donors (Lipinski definition) is 1. The van der Waals surface area contributed by atoms with E-state index < -0.39 is 0 Å². The van der Waals surface area contributed by atoms with Crippen molar-refractivity contribution in [3.8, 4) is 0 Å². The van der Waals surface area contributed by atoms with Crippen LogP contribution in [0.1, 0.15) is 64.7 Å². The molecule has 1 saturated carbocycles. The molecule has 3 atom stereocenters. The summed E-state index contributed by atoms with van der Waals surface area (Å²) in [5.74, 6) is 0.501. The molecule has 3 nitrogen and oxygen atoms in total. The molecule has 0 bridgehead atoms. The van der Waals surface area contributed by atoms with Crippen LogP contribution in [-0.2, 0) is 4.79 Å². The lowest BCUT2D eigenvalue weighted by molar-refractivity contribution is -0.143. The Morgan fingerprint density at radius 1 is 1.20 bits per heavy atom. The summed E-state index contributed by atoms with van der Waals surface area (Å²) in [5, 5.41) is 4.63. The zero-order valence-electron chi connectivity index (χ0n) is 12.3. The third-order valence-electron chi connectivity index (χ3n) is 5.09. The fourth-order valence-corrected chi connectivity index (χ4v) is 4.32. The number of hydrogen-bond acceptors (Lipinski definition) is 2. The molecule has 1 N–H and O–H groups in total. The summed E-state index contributed by atoms with van der Waals surface area (Å²) in [7, 11) is 0. The first-order valence-corrected chi connectivity index (χ1v) is 8.56. The third-order valence-corrected chi connectivity index (χ3v) is 5.50. The van der Waals surface area contributed by atoms with Crippen LogP contribution in [0.4, 0.5) is 0 Å². The van der Waals surface area contributed by atoms with Gasteiger partial charge in [-0.15, -0.1) is 0 Å². The zero-order chi connectivity index (χ0) is 14.1. The molecule has 1 saturated heterocycles. The number of halogens is 1. The van der Waals surface area contributed by atoms with Crippen molar-refractivity contribution in [3.05, 3.63) is 10.7 Å². The van der Waals surface area contributed by atoms with Gasteiger partial charge in [0.25, 0.3) is 0 Å². The van der Waals surface area contributed by atoms with E-state index >= 15 is 0 Å². The van der Waals surface area contributed by atoms with Crippen molar-refractivity contribution < 1.29 is 4.79 Å². The summed E-state index contributed by atoms with van der Waals surface area (Å²) in [6, 6.07) is 0.389. The number of rotatable bonds is 2. The van der Waals surface area contributed by atoms with Gasteiger partial charge in [-0.25, -0.2) is 0 Å². The fourth-order valence-electron chi connectivity index (χ4n) is 4.01. The zero-order valence-corrected chi connectivity index (χ0v) is 13.1. The second kappa shape index (κ2) is 6.07. The molecule has 112 valence electrons. The normalized spacial score (nSPS) is 35.2. The van der Waals surface area contributed by atoms with Crippen molar-refractivity contribution in [2.45, 2.75) is 76.9 Å². The van der Waals surface area contributed by atoms with Gasteiger partial charge in [-0.3, -0.25) is 15.0 Å². The van der Waals surface area contributed by atoms with Crippen molar-refractivity contribution in [1.82, 2.24) is 10.2 Å². The standard InChI is InChI=1S/C16H25ClN2O/c1-2-15-18-13-9-5-3-7-11(13)16(20)19(15)14-10-6-4-8-12(14)17/h11,13,15,18H,2-10H2,1H3. The number of amides is 1. The van der Waals surface area contributed by atoms with Crippen molar-refractivity contribution in [1.29, 1.82) is 0 Å². The SMILES string of the molecule is CCC1NC2CCCCC2C(=O)N1C1=C(Cl)CCCC1. The van der Waals surface area contributed by atoms with Crippen molar-refractivity contribution in [2.24, 2.45) is 5.92 Å². The summed E-state index contributed by atoms with van der Waals surface area (Å²) in [4.78, 5) is 15.0. The minimum Gasteiger partial charge on any atom is -0.299 e. The highest BCUT2D eigenvalue weighted by Crippen LogP contribution is 2.37. The molecule has 20 heavy (non-hydrogen) atoms. The van der Waals surface area contributed by atoms with Crippen LogP contribution in [-0.4, -0.2) is 23.0 Å². The monoisotopic (exact) mass is 296 g/mol. The van der Waals surface area contributed by atoms with Gasteiger partial charge in [0, 0.05) is 16.8 Å². The van der Waals surface area contributed by atoms with E-state index in [0.29, 0.717) is 11.9 Å². The highest BCUT2D eigenvalue weighted by molar-refractivity contribution is 6.30. The average Bonchev–Trinajstić information content (AvgIpc) is 2.48. The molecule has 0 aromatic rings. The van der Waals surface area contributed by atoms with E-state index in [2.05, 4.69) is 12.2 Å². The van der Waals surface area contributed by atoms with Crippen LogP contribution >= 0.6 is 11.6 Å². The number of allylic oxidation sites excluding steroid dienone is 2. The first kappa shape index (κ1) is 14.4. The van der Waals surface area contributed by atoms with E-state index in [4.69, 9.17) is 11.6 Å². The first-order chi connectivity index (χ1) is 9.72. The largest absolute Gasteiger partial charge is 0.299 e. The summed E-state index contributed by atoms with van der Waals surface area (Å²) in [5.41, 5.74) is 1.10. The predicted molar refractivity (Wildman–Crippen MR) is 81.2 cm³/mol. The topological polar surface area (TPSA) is 32.3 Å². The number of nitrogens with one attached hydrogen (secondary N) is 1.